The quantitative estimate of drug-likeness (QED) is 0.883. The fourth-order valence-electron chi connectivity index (χ4n) is 3.52. The molecular weight excluding hydrogens is 300 g/mol. The Bertz CT molecular complexity index is 743. The van der Waals surface area contributed by atoms with E-state index in [0.717, 1.165) is 56.6 Å². The first-order valence-electron chi connectivity index (χ1n) is 8.95. The van der Waals surface area contributed by atoms with E-state index in [4.69, 9.17) is 0 Å². The minimum Gasteiger partial charge on any atom is -0.350 e. The fourth-order valence-corrected chi connectivity index (χ4v) is 3.52. The van der Waals surface area contributed by atoms with Crippen LogP contribution in [-0.2, 0) is 19.3 Å². The van der Waals surface area contributed by atoms with Crippen LogP contribution in [0.3, 0.4) is 0 Å². The minimum absolute atomic E-state index is 0.0241. The van der Waals surface area contributed by atoms with Crippen molar-refractivity contribution in [3.05, 3.63) is 46.8 Å². The molecule has 1 aromatic carbocycles. The van der Waals surface area contributed by atoms with Crippen molar-refractivity contribution >= 4 is 5.91 Å². The molecule has 24 heavy (non-hydrogen) atoms. The molecule has 5 heteroatoms. The van der Waals surface area contributed by atoms with Crippen LogP contribution in [0.1, 0.15) is 40.7 Å². The summed E-state index contributed by atoms with van der Waals surface area (Å²) >= 11 is 0. The van der Waals surface area contributed by atoms with E-state index in [1.807, 2.05) is 4.68 Å². The maximum atomic E-state index is 12.6. The van der Waals surface area contributed by atoms with Crippen molar-refractivity contribution in [3.8, 4) is 5.69 Å². The number of amides is 1. The Labute approximate surface area is 142 Å². The van der Waals surface area contributed by atoms with Crippen LogP contribution in [0.4, 0.5) is 0 Å². The van der Waals surface area contributed by atoms with Gasteiger partial charge in [-0.2, -0.15) is 5.10 Å². The molecule has 0 spiro atoms. The monoisotopic (exact) mass is 324 g/mol. The molecule has 0 saturated carbocycles. The summed E-state index contributed by atoms with van der Waals surface area (Å²) in [6, 6.07) is 8.49. The maximum absolute atomic E-state index is 12.6. The summed E-state index contributed by atoms with van der Waals surface area (Å²) in [5.74, 6) is 0.537. The van der Waals surface area contributed by atoms with Gasteiger partial charge in [0, 0.05) is 36.8 Å². The van der Waals surface area contributed by atoms with E-state index >= 15 is 0 Å². The smallest absolute Gasteiger partial charge is 0.272 e. The molecule has 1 fully saturated rings. The molecule has 2 aromatic rings. The number of rotatable bonds is 5. The van der Waals surface area contributed by atoms with Crippen molar-refractivity contribution < 1.29 is 4.79 Å². The van der Waals surface area contributed by atoms with Crippen molar-refractivity contribution in [1.29, 1.82) is 0 Å². The lowest BCUT2D eigenvalue weighted by atomic mass is 10.0. The number of carbonyl (C=O) groups is 1. The van der Waals surface area contributed by atoms with E-state index in [1.54, 1.807) is 0 Å². The Morgan fingerprint density at radius 1 is 1.29 bits per heavy atom. The molecule has 2 heterocycles. The third-order valence-corrected chi connectivity index (χ3v) is 5.15. The van der Waals surface area contributed by atoms with Gasteiger partial charge >= 0.3 is 0 Å². The number of aromatic nitrogens is 2. The van der Waals surface area contributed by atoms with Crippen LogP contribution in [0.15, 0.2) is 24.3 Å². The Hall–Kier alpha value is -2.14. The van der Waals surface area contributed by atoms with Gasteiger partial charge in [0.05, 0.1) is 5.69 Å². The Balaban J connectivity index is 1.60. The second-order valence-corrected chi connectivity index (χ2v) is 6.79. The van der Waals surface area contributed by atoms with Crippen molar-refractivity contribution in [3.63, 3.8) is 0 Å². The summed E-state index contributed by atoms with van der Waals surface area (Å²) in [6.45, 7) is 4.88. The summed E-state index contributed by atoms with van der Waals surface area (Å²) in [5, 5.41) is 11.0. The highest BCUT2D eigenvalue weighted by atomic mass is 16.2. The van der Waals surface area contributed by atoms with Crippen LogP contribution in [0.5, 0.6) is 0 Å². The molecule has 1 aliphatic carbocycles. The average Bonchev–Trinajstić information content (AvgIpc) is 3.15. The van der Waals surface area contributed by atoms with Crippen molar-refractivity contribution in [2.24, 2.45) is 5.92 Å². The van der Waals surface area contributed by atoms with E-state index in [-0.39, 0.29) is 5.91 Å². The van der Waals surface area contributed by atoms with Crippen molar-refractivity contribution in [2.75, 3.05) is 19.6 Å². The number of hydrogen-bond acceptors (Lipinski definition) is 3. The number of fused-ring (bicyclic) bond motifs is 1. The van der Waals surface area contributed by atoms with E-state index in [2.05, 4.69) is 46.9 Å². The number of aryl methyl sites for hydroxylation is 1. The molecule has 4 rings (SSSR count). The van der Waals surface area contributed by atoms with Crippen LogP contribution >= 0.6 is 0 Å². The van der Waals surface area contributed by atoms with E-state index < -0.39 is 0 Å². The minimum atomic E-state index is -0.0241. The molecule has 1 aliphatic heterocycles. The summed E-state index contributed by atoms with van der Waals surface area (Å²) in [4.78, 5) is 12.6. The number of nitrogens with zero attached hydrogens (tertiary/aromatic N) is 2. The van der Waals surface area contributed by atoms with Gasteiger partial charge in [-0.1, -0.05) is 19.1 Å². The summed E-state index contributed by atoms with van der Waals surface area (Å²) in [6.07, 6.45) is 4.09. The van der Waals surface area contributed by atoms with Gasteiger partial charge in [-0.25, -0.2) is 4.68 Å². The SMILES string of the molecule is CCc1ccc(-n2nc(C(=O)NCC3CNC3)c3c2CCC3)cc1. The largest absolute Gasteiger partial charge is 0.350 e. The second kappa shape index (κ2) is 6.40. The van der Waals surface area contributed by atoms with Gasteiger partial charge < -0.3 is 10.6 Å². The molecule has 1 aromatic heterocycles. The third kappa shape index (κ3) is 2.73. The molecule has 1 saturated heterocycles. The Morgan fingerprint density at radius 2 is 2.08 bits per heavy atom. The predicted octanol–water partition coefficient (Wildman–Crippen LogP) is 1.87. The lowest BCUT2D eigenvalue weighted by Crippen LogP contribution is -2.48. The molecule has 2 N–H and O–H groups in total. The molecule has 0 radical (unpaired) electrons. The van der Waals surface area contributed by atoms with Gasteiger partial charge in [0.15, 0.2) is 5.69 Å². The van der Waals surface area contributed by atoms with E-state index in [9.17, 15) is 4.79 Å². The van der Waals surface area contributed by atoms with Crippen LogP contribution in [0.25, 0.3) is 5.69 Å². The van der Waals surface area contributed by atoms with Crippen molar-refractivity contribution in [1.82, 2.24) is 20.4 Å². The first-order valence-corrected chi connectivity index (χ1v) is 8.95. The van der Waals surface area contributed by atoms with Crippen LogP contribution in [0.2, 0.25) is 0 Å². The zero-order valence-corrected chi connectivity index (χ0v) is 14.1. The number of benzene rings is 1. The molecule has 0 atom stereocenters. The van der Waals surface area contributed by atoms with E-state index in [1.165, 1.54) is 11.3 Å². The number of carbonyl (C=O) groups excluding carboxylic acids is 1. The zero-order valence-electron chi connectivity index (χ0n) is 14.1. The number of hydrogen-bond donors (Lipinski definition) is 2. The Morgan fingerprint density at radius 3 is 2.75 bits per heavy atom. The van der Waals surface area contributed by atoms with Gasteiger partial charge in [0.1, 0.15) is 0 Å². The Kier molecular flexibility index (Phi) is 4.10. The average molecular weight is 324 g/mol. The summed E-state index contributed by atoms with van der Waals surface area (Å²) < 4.78 is 1.97. The molecule has 0 bridgehead atoms. The first-order chi connectivity index (χ1) is 11.8. The molecule has 0 unspecified atom stereocenters. The summed E-state index contributed by atoms with van der Waals surface area (Å²) in [5.41, 5.74) is 5.32. The second-order valence-electron chi connectivity index (χ2n) is 6.79. The third-order valence-electron chi connectivity index (χ3n) is 5.15. The molecule has 5 nitrogen and oxygen atoms in total. The zero-order chi connectivity index (χ0) is 16.5. The van der Waals surface area contributed by atoms with Crippen molar-refractivity contribution in [2.45, 2.75) is 32.6 Å². The van der Waals surface area contributed by atoms with Crippen LogP contribution in [0, 0.1) is 5.92 Å². The standard InChI is InChI=1S/C19H24N4O/c1-2-13-6-8-15(9-7-13)23-17-5-3-4-16(17)18(22-23)19(24)21-12-14-10-20-11-14/h6-9,14,20H,2-5,10-12H2,1H3,(H,21,24). The van der Waals surface area contributed by atoms with Gasteiger partial charge in [-0.15, -0.1) is 0 Å². The summed E-state index contributed by atoms with van der Waals surface area (Å²) in [7, 11) is 0. The highest BCUT2D eigenvalue weighted by Crippen LogP contribution is 2.28. The van der Waals surface area contributed by atoms with Gasteiger partial charge in [-0.05, 0) is 43.4 Å². The molecular formula is C19H24N4O. The number of nitrogens with one attached hydrogen (secondary N) is 2. The van der Waals surface area contributed by atoms with Gasteiger partial charge in [0.2, 0.25) is 0 Å². The first kappa shape index (κ1) is 15.4. The predicted molar refractivity (Wildman–Crippen MR) is 93.7 cm³/mol. The maximum Gasteiger partial charge on any atom is 0.272 e. The van der Waals surface area contributed by atoms with Gasteiger partial charge in [0.25, 0.3) is 5.91 Å². The molecule has 1 amide bonds. The van der Waals surface area contributed by atoms with Crippen LogP contribution < -0.4 is 10.6 Å². The molecule has 126 valence electrons. The highest BCUT2D eigenvalue weighted by molar-refractivity contribution is 5.94. The van der Waals surface area contributed by atoms with Crippen LogP contribution in [-0.4, -0.2) is 35.3 Å². The lowest BCUT2D eigenvalue weighted by molar-refractivity contribution is 0.0936. The molecule has 2 aliphatic rings. The normalized spacial score (nSPS) is 16.7. The highest BCUT2D eigenvalue weighted by Gasteiger charge is 2.27. The van der Waals surface area contributed by atoms with E-state index in [0.29, 0.717) is 11.6 Å². The lowest BCUT2D eigenvalue weighted by Gasteiger charge is -2.26. The fraction of sp³-hybridized carbons (Fsp3) is 0.474. The topological polar surface area (TPSA) is 59.0 Å². The van der Waals surface area contributed by atoms with Gasteiger partial charge in [-0.3, -0.25) is 4.79 Å².